The molecule has 0 aliphatic rings. The Morgan fingerprint density at radius 3 is 2.59 bits per heavy atom. The number of aromatic nitrogens is 2. The molecule has 4 nitrogen and oxygen atoms in total. The summed E-state index contributed by atoms with van der Waals surface area (Å²) >= 11 is 0. The van der Waals surface area contributed by atoms with E-state index in [0.717, 1.165) is 52.8 Å². The molecule has 3 N–H and O–H groups in total. The summed E-state index contributed by atoms with van der Waals surface area (Å²) in [6.45, 7) is 6.45. The number of H-pyrrole nitrogens is 1. The number of aromatic amines is 1. The van der Waals surface area contributed by atoms with Crippen LogP contribution in [0.4, 0.5) is 11.4 Å². The molecule has 0 saturated carbocycles. The molecule has 150 valence electrons. The summed E-state index contributed by atoms with van der Waals surface area (Å²) in [4.78, 5) is 7.48. The van der Waals surface area contributed by atoms with Crippen molar-refractivity contribution in [2.45, 2.75) is 26.2 Å². The predicted octanol–water partition coefficient (Wildman–Crippen LogP) is 6.49. The summed E-state index contributed by atoms with van der Waals surface area (Å²) < 4.78 is 0. The number of rotatable bonds is 9. The van der Waals surface area contributed by atoms with E-state index in [4.69, 9.17) is 0 Å². The monoisotopic (exact) mass is 386 g/mol. The van der Waals surface area contributed by atoms with E-state index in [1.54, 1.807) is 6.33 Å². The van der Waals surface area contributed by atoms with Crippen molar-refractivity contribution in [2.24, 2.45) is 0 Å². The molecule has 0 saturated heterocycles. The van der Waals surface area contributed by atoms with Crippen LogP contribution < -0.4 is 10.6 Å². The standard InChI is InChI=1S/C25H30N4/c1-5-19(14-21-11-13-23-25(16-21)29-17-28-23)8-6-18(2)7-9-20-10-12-22(26-3)24(15-20)27-4/h7,9-17,26-27H,2,5-6,8H2,1,3-4H3,(H,28,29)/b9-7+,19-14-. The van der Waals surface area contributed by atoms with E-state index in [1.807, 2.05) is 14.1 Å². The molecule has 0 amide bonds. The SMILES string of the molecule is C=C(/C=C/c1ccc(NC)c(NC)c1)CC/C(=C\c1ccc2[nH]cnc2c1)CC. The van der Waals surface area contributed by atoms with Gasteiger partial charge < -0.3 is 15.6 Å². The largest absolute Gasteiger partial charge is 0.386 e. The molecule has 1 aromatic heterocycles. The van der Waals surface area contributed by atoms with E-state index in [2.05, 4.69) is 88.7 Å². The third-order valence-electron chi connectivity index (χ3n) is 5.13. The van der Waals surface area contributed by atoms with Crippen LogP contribution in [0.3, 0.4) is 0 Å². The van der Waals surface area contributed by atoms with E-state index in [9.17, 15) is 0 Å². The maximum absolute atomic E-state index is 4.35. The van der Waals surface area contributed by atoms with Gasteiger partial charge in [0, 0.05) is 14.1 Å². The predicted molar refractivity (Wildman–Crippen MR) is 127 cm³/mol. The summed E-state index contributed by atoms with van der Waals surface area (Å²) in [6.07, 6.45) is 11.3. The number of nitrogens with zero attached hydrogens (tertiary/aromatic N) is 1. The van der Waals surface area contributed by atoms with E-state index >= 15 is 0 Å². The van der Waals surface area contributed by atoms with E-state index in [0.29, 0.717) is 0 Å². The second-order valence-electron chi connectivity index (χ2n) is 7.13. The lowest BCUT2D eigenvalue weighted by atomic mass is 10.0. The van der Waals surface area contributed by atoms with Gasteiger partial charge in [0.15, 0.2) is 0 Å². The zero-order valence-electron chi connectivity index (χ0n) is 17.5. The van der Waals surface area contributed by atoms with Crippen LogP contribution in [0.1, 0.15) is 37.3 Å². The van der Waals surface area contributed by atoms with E-state index in [-0.39, 0.29) is 0 Å². The van der Waals surface area contributed by atoms with Gasteiger partial charge in [0.05, 0.1) is 28.7 Å². The number of nitrogens with one attached hydrogen (secondary N) is 3. The van der Waals surface area contributed by atoms with Gasteiger partial charge in [-0.05, 0) is 54.7 Å². The Kier molecular flexibility index (Phi) is 6.90. The van der Waals surface area contributed by atoms with Gasteiger partial charge in [-0.2, -0.15) is 0 Å². The number of hydrogen-bond acceptors (Lipinski definition) is 3. The molecule has 0 aliphatic heterocycles. The molecule has 1 heterocycles. The van der Waals surface area contributed by atoms with Crippen LogP contribution in [-0.4, -0.2) is 24.1 Å². The van der Waals surface area contributed by atoms with Gasteiger partial charge >= 0.3 is 0 Å². The number of fused-ring (bicyclic) bond motifs is 1. The normalized spacial score (nSPS) is 11.9. The third-order valence-corrected chi connectivity index (χ3v) is 5.13. The first-order valence-electron chi connectivity index (χ1n) is 10.1. The van der Waals surface area contributed by atoms with Gasteiger partial charge in [0.2, 0.25) is 0 Å². The molecule has 0 radical (unpaired) electrons. The molecule has 0 atom stereocenters. The Balaban J connectivity index is 1.61. The molecule has 4 heteroatoms. The first-order chi connectivity index (χ1) is 14.1. The zero-order chi connectivity index (χ0) is 20.6. The molecule has 0 fully saturated rings. The number of imidazole rings is 1. The summed E-state index contributed by atoms with van der Waals surface area (Å²) in [7, 11) is 3.87. The van der Waals surface area contributed by atoms with Crippen LogP contribution in [-0.2, 0) is 0 Å². The highest BCUT2D eigenvalue weighted by atomic mass is 14.9. The Morgan fingerprint density at radius 2 is 1.83 bits per heavy atom. The summed E-state index contributed by atoms with van der Waals surface area (Å²) in [5.74, 6) is 0. The lowest BCUT2D eigenvalue weighted by Gasteiger charge is -2.09. The van der Waals surface area contributed by atoms with Crippen LogP contribution >= 0.6 is 0 Å². The van der Waals surface area contributed by atoms with Gasteiger partial charge in [-0.25, -0.2) is 4.98 Å². The molecule has 0 bridgehead atoms. The van der Waals surface area contributed by atoms with Crippen LogP contribution in [0.15, 0.2) is 66.5 Å². The molecule has 3 rings (SSSR count). The zero-order valence-corrected chi connectivity index (χ0v) is 17.5. The first kappa shape index (κ1) is 20.5. The highest BCUT2D eigenvalue weighted by molar-refractivity contribution is 5.78. The fourth-order valence-electron chi connectivity index (χ4n) is 3.33. The molecule has 0 spiro atoms. The lowest BCUT2D eigenvalue weighted by molar-refractivity contribution is 0.899. The molecule has 2 aromatic carbocycles. The number of anilines is 2. The van der Waals surface area contributed by atoms with Gasteiger partial charge in [0.1, 0.15) is 0 Å². The summed E-state index contributed by atoms with van der Waals surface area (Å²) in [5.41, 5.74) is 9.18. The summed E-state index contributed by atoms with van der Waals surface area (Å²) in [5, 5.41) is 6.41. The smallest absolute Gasteiger partial charge is 0.0931 e. The minimum atomic E-state index is 0.953. The molecule has 3 aromatic rings. The fourth-order valence-corrected chi connectivity index (χ4v) is 3.33. The number of benzene rings is 2. The van der Waals surface area contributed by atoms with Gasteiger partial charge in [-0.1, -0.05) is 55.0 Å². The average Bonchev–Trinajstić information content (AvgIpc) is 3.22. The van der Waals surface area contributed by atoms with Crippen molar-refractivity contribution in [1.29, 1.82) is 0 Å². The van der Waals surface area contributed by atoms with E-state index in [1.165, 1.54) is 11.1 Å². The third kappa shape index (κ3) is 5.38. The van der Waals surface area contributed by atoms with Crippen molar-refractivity contribution in [2.75, 3.05) is 24.7 Å². The molecule has 0 aliphatic carbocycles. The minimum absolute atomic E-state index is 0.953. The first-order valence-corrected chi connectivity index (χ1v) is 10.1. The maximum Gasteiger partial charge on any atom is 0.0931 e. The van der Waals surface area contributed by atoms with E-state index < -0.39 is 0 Å². The van der Waals surface area contributed by atoms with Gasteiger partial charge in [-0.3, -0.25) is 0 Å². The lowest BCUT2D eigenvalue weighted by Crippen LogP contribution is -1.96. The van der Waals surface area contributed by atoms with Crippen molar-refractivity contribution >= 4 is 34.6 Å². The summed E-state index contributed by atoms with van der Waals surface area (Å²) in [6, 6.07) is 12.7. The highest BCUT2D eigenvalue weighted by Gasteiger charge is 2.02. The topological polar surface area (TPSA) is 52.7 Å². The highest BCUT2D eigenvalue weighted by Crippen LogP contribution is 2.24. The van der Waals surface area contributed by atoms with Crippen molar-refractivity contribution in [1.82, 2.24) is 9.97 Å². The molecule has 29 heavy (non-hydrogen) atoms. The second kappa shape index (κ2) is 9.78. The van der Waals surface area contributed by atoms with Crippen LogP contribution in [0.5, 0.6) is 0 Å². The minimum Gasteiger partial charge on any atom is -0.386 e. The maximum atomic E-state index is 4.35. The van der Waals surface area contributed by atoms with Crippen molar-refractivity contribution in [3.63, 3.8) is 0 Å². The molecular weight excluding hydrogens is 356 g/mol. The van der Waals surface area contributed by atoms with Crippen molar-refractivity contribution < 1.29 is 0 Å². The number of allylic oxidation sites excluding steroid dienone is 3. The van der Waals surface area contributed by atoms with Crippen molar-refractivity contribution in [3.05, 3.63) is 77.7 Å². The fraction of sp³-hybridized carbons (Fsp3) is 0.240. The van der Waals surface area contributed by atoms with Crippen LogP contribution in [0.2, 0.25) is 0 Å². The Labute approximate surface area is 173 Å². The Hall–Kier alpha value is -3.27. The van der Waals surface area contributed by atoms with Gasteiger partial charge in [0.25, 0.3) is 0 Å². The Morgan fingerprint density at radius 1 is 1.03 bits per heavy atom. The molecule has 0 unspecified atom stereocenters. The van der Waals surface area contributed by atoms with Gasteiger partial charge in [-0.15, -0.1) is 0 Å². The Bertz CT molecular complexity index is 1040. The molecular formula is C25H30N4. The van der Waals surface area contributed by atoms with Crippen LogP contribution in [0, 0.1) is 0 Å². The van der Waals surface area contributed by atoms with Crippen LogP contribution in [0.25, 0.3) is 23.2 Å². The second-order valence-corrected chi connectivity index (χ2v) is 7.13. The van der Waals surface area contributed by atoms with Crippen molar-refractivity contribution in [3.8, 4) is 0 Å². The average molecular weight is 387 g/mol. The quantitative estimate of drug-likeness (QED) is 0.368. The number of hydrogen-bond donors (Lipinski definition) is 3.